The number of primary amides is 1. The molecular formula is C13H18N2O2. The molecule has 0 saturated carbocycles. The number of hydrogen-bond acceptors (Lipinski definition) is 3. The maximum absolute atomic E-state index is 11.5. The topological polar surface area (TPSA) is 64.3 Å². The number of anilines is 1. The van der Waals surface area contributed by atoms with Crippen LogP contribution in [0.2, 0.25) is 0 Å². The van der Waals surface area contributed by atoms with Gasteiger partial charge in [0.05, 0.1) is 12.2 Å². The number of hydrogen-bond donors (Lipinski definition) is 2. The highest BCUT2D eigenvalue weighted by molar-refractivity contribution is 5.83. The fourth-order valence-corrected chi connectivity index (χ4v) is 2.14. The van der Waals surface area contributed by atoms with Crippen LogP contribution >= 0.6 is 0 Å². The summed E-state index contributed by atoms with van der Waals surface area (Å²) in [4.78, 5) is 11.5. The average molecular weight is 234 g/mol. The van der Waals surface area contributed by atoms with E-state index in [0.29, 0.717) is 0 Å². The van der Waals surface area contributed by atoms with Crippen LogP contribution in [0.25, 0.3) is 0 Å². The van der Waals surface area contributed by atoms with Gasteiger partial charge in [-0.15, -0.1) is 0 Å². The molecule has 0 aromatic heterocycles. The molecule has 0 aliphatic carbocycles. The summed E-state index contributed by atoms with van der Waals surface area (Å²) in [5.74, 6) is -0.368. The Hall–Kier alpha value is -1.55. The quantitative estimate of drug-likeness (QED) is 0.830. The summed E-state index contributed by atoms with van der Waals surface area (Å²) in [6.45, 7) is 2.01. The van der Waals surface area contributed by atoms with Gasteiger partial charge in [-0.2, -0.15) is 0 Å². The Bertz CT molecular complexity index is 380. The first-order chi connectivity index (χ1) is 8.16. The lowest BCUT2D eigenvalue weighted by Gasteiger charge is -2.22. The first-order valence-corrected chi connectivity index (χ1v) is 5.93. The predicted molar refractivity (Wildman–Crippen MR) is 66.6 cm³/mol. The average Bonchev–Trinajstić information content (AvgIpc) is 2.73. The monoisotopic (exact) mass is 234 g/mol. The highest BCUT2D eigenvalue weighted by Gasteiger charge is 2.33. The number of nitrogens with one attached hydrogen (secondary N) is 1. The fourth-order valence-electron chi connectivity index (χ4n) is 2.14. The Labute approximate surface area is 101 Å². The molecule has 3 unspecified atom stereocenters. The third kappa shape index (κ3) is 2.97. The van der Waals surface area contributed by atoms with Crippen molar-refractivity contribution < 1.29 is 9.53 Å². The van der Waals surface area contributed by atoms with Gasteiger partial charge < -0.3 is 15.8 Å². The number of rotatable bonds is 4. The summed E-state index contributed by atoms with van der Waals surface area (Å²) in [6.07, 6.45) is 1.93. The predicted octanol–water partition coefficient (Wildman–Crippen LogP) is 1.52. The van der Waals surface area contributed by atoms with E-state index in [2.05, 4.69) is 5.32 Å². The van der Waals surface area contributed by atoms with E-state index in [0.717, 1.165) is 18.5 Å². The Kier molecular flexibility index (Phi) is 3.64. The zero-order chi connectivity index (χ0) is 12.3. The van der Waals surface area contributed by atoms with Crippen LogP contribution in [0.5, 0.6) is 0 Å². The van der Waals surface area contributed by atoms with E-state index < -0.39 is 6.04 Å². The van der Waals surface area contributed by atoms with Crippen molar-refractivity contribution in [3.05, 3.63) is 30.3 Å². The Morgan fingerprint density at radius 1 is 1.41 bits per heavy atom. The summed E-state index contributed by atoms with van der Waals surface area (Å²) in [7, 11) is 0. The van der Waals surface area contributed by atoms with Crippen molar-refractivity contribution >= 4 is 11.6 Å². The number of nitrogens with two attached hydrogens (primary N) is 1. The molecule has 4 heteroatoms. The molecule has 17 heavy (non-hydrogen) atoms. The van der Waals surface area contributed by atoms with Gasteiger partial charge >= 0.3 is 0 Å². The van der Waals surface area contributed by atoms with Gasteiger partial charge in [0.1, 0.15) is 6.04 Å². The fraction of sp³-hybridized carbons (Fsp3) is 0.462. The number of carbonyl (C=O) groups excluding carboxylic acids is 1. The van der Waals surface area contributed by atoms with Crippen LogP contribution in [0.4, 0.5) is 5.69 Å². The van der Waals surface area contributed by atoms with E-state index in [1.807, 2.05) is 37.3 Å². The molecule has 1 aromatic carbocycles. The summed E-state index contributed by atoms with van der Waals surface area (Å²) in [5.41, 5.74) is 6.32. The van der Waals surface area contributed by atoms with Crippen LogP contribution in [-0.4, -0.2) is 24.2 Å². The van der Waals surface area contributed by atoms with Crippen LogP contribution in [-0.2, 0) is 9.53 Å². The minimum absolute atomic E-state index is 0.122. The minimum atomic E-state index is -0.456. The van der Waals surface area contributed by atoms with Gasteiger partial charge in [-0.05, 0) is 31.9 Å². The molecule has 1 aliphatic heterocycles. The molecule has 0 radical (unpaired) electrons. The molecular weight excluding hydrogens is 216 g/mol. The van der Waals surface area contributed by atoms with Gasteiger partial charge in [0.25, 0.3) is 0 Å². The van der Waals surface area contributed by atoms with Crippen LogP contribution in [0.3, 0.4) is 0 Å². The van der Waals surface area contributed by atoms with Gasteiger partial charge in [-0.25, -0.2) is 0 Å². The molecule has 4 nitrogen and oxygen atoms in total. The van der Waals surface area contributed by atoms with Crippen molar-refractivity contribution in [2.45, 2.75) is 38.0 Å². The highest BCUT2D eigenvalue weighted by atomic mass is 16.5. The summed E-state index contributed by atoms with van der Waals surface area (Å²) < 4.78 is 5.69. The van der Waals surface area contributed by atoms with E-state index >= 15 is 0 Å². The van der Waals surface area contributed by atoms with E-state index in [9.17, 15) is 4.79 Å². The lowest BCUT2D eigenvalue weighted by atomic mass is 10.1. The number of para-hydroxylation sites is 1. The van der Waals surface area contributed by atoms with Crippen molar-refractivity contribution in [3.8, 4) is 0 Å². The van der Waals surface area contributed by atoms with Crippen molar-refractivity contribution in [1.29, 1.82) is 0 Å². The molecule has 1 saturated heterocycles. The van der Waals surface area contributed by atoms with Crippen molar-refractivity contribution in [2.24, 2.45) is 5.73 Å². The van der Waals surface area contributed by atoms with Crippen LogP contribution in [0.1, 0.15) is 19.8 Å². The molecule has 2 rings (SSSR count). The van der Waals surface area contributed by atoms with E-state index in [1.54, 1.807) is 0 Å². The first kappa shape index (κ1) is 11.9. The number of benzene rings is 1. The minimum Gasteiger partial charge on any atom is -0.373 e. The van der Waals surface area contributed by atoms with Crippen molar-refractivity contribution in [1.82, 2.24) is 0 Å². The van der Waals surface area contributed by atoms with Gasteiger partial charge in [0.2, 0.25) is 5.91 Å². The first-order valence-electron chi connectivity index (χ1n) is 5.93. The number of amides is 1. The van der Waals surface area contributed by atoms with E-state index in [1.165, 1.54) is 0 Å². The Morgan fingerprint density at radius 2 is 2.12 bits per heavy atom. The second-order valence-electron chi connectivity index (χ2n) is 4.45. The zero-order valence-corrected chi connectivity index (χ0v) is 9.93. The van der Waals surface area contributed by atoms with Crippen molar-refractivity contribution in [2.75, 3.05) is 5.32 Å². The molecule has 0 bridgehead atoms. The molecule has 3 atom stereocenters. The zero-order valence-electron chi connectivity index (χ0n) is 9.93. The second kappa shape index (κ2) is 5.19. The van der Waals surface area contributed by atoms with Gasteiger partial charge in [-0.3, -0.25) is 4.79 Å². The second-order valence-corrected chi connectivity index (χ2v) is 4.45. The largest absolute Gasteiger partial charge is 0.373 e. The summed E-state index contributed by atoms with van der Waals surface area (Å²) >= 11 is 0. The van der Waals surface area contributed by atoms with Gasteiger partial charge in [-0.1, -0.05) is 18.2 Å². The molecule has 3 N–H and O–H groups in total. The molecule has 92 valence electrons. The van der Waals surface area contributed by atoms with Crippen LogP contribution in [0.15, 0.2) is 30.3 Å². The van der Waals surface area contributed by atoms with Crippen LogP contribution < -0.4 is 11.1 Å². The van der Waals surface area contributed by atoms with E-state index in [4.69, 9.17) is 10.5 Å². The van der Waals surface area contributed by atoms with Crippen molar-refractivity contribution in [3.63, 3.8) is 0 Å². The van der Waals surface area contributed by atoms with Gasteiger partial charge in [0, 0.05) is 5.69 Å². The lowest BCUT2D eigenvalue weighted by molar-refractivity contribution is -0.121. The molecule has 1 aromatic rings. The summed E-state index contributed by atoms with van der Waals surface area (Å²) in [6, 6.07) is 9.13. The maximum Gasteiger partial charge on any atom is 0.242 e. The normalized spacial score (nSPS) is 25.5. The molecule has 0 spiro atoms. The molecule has 1 amide bonds. The third-order valence-electron chi connectivity index (χ3n) is 3.04. The number of carbonyl (C=O) groups is 1. The molecule has 1 aliphatic rings. The molecule has 1 fully saturated rings. The lowest BCUT2D eigenvalue weighted by Crippen LogP contribution is -2.44. The molecule has 1 heterocycles. The summed E-state index contributed by atoms with van der Waals surface area (Å²) in [5, 5.41) is 3.14. The standard InChI is InChI=1S/C13H18N2O2/c1-9-7-8-11(17-9)12(13(14)16)15-10-5-3-2-4-6-10/h2-6,9,11-12,15H,7-8H2,1H3,(H2,14,16). The van der Waals surface area contributed by atoms with Crippen LogP contribution in [0, 0.1) is 0 Å². The number of ether oxygens (including phenoxy) is 1. The Balaban J connectivity index is 2.05. The Morgan fingerprint density at radius 3 is 2.65 bits per heavy atom. The van der Waals surface area contributed by atoms with Gasteiger partial charge in [0.15, 0.2) is 0 Å². The smallest absolute Gasteiger partial charge is 0.242 e. The third-order valence-corrected chi connectivity index (χ3v) is 3.04. The SMILES string of the molecule is CC1CCC(C(Nc2ccccc2)C(N)=O)O1. The maximum atomic E-state index is 11.5. The highest BCUT2D eigenvalue weighted by Crippen LogP contribution is 2.23. The van der Waals surface area contributed by atoms with E-state index in [-0.39, 0.29) is 18.1 Å².